The molecule has 0 radical (unpaired) electrons. The molecular formula is C17H22N2O. The van der Waals surface area contributed by atoms with Crippen LogP contribution in [-0.4, -0.2) is 11.6 Å². The van der Waals surface area contributed by atoms with Gasteiger partial charge in [-0.2, -0.15) is 0 Å². The molecule has 106 valence electrons. The zero-order chi connectivity index (χ0) is 14.2. The highest BCUT2D eigenvalue weighted by Crippen LogP contribution is 2.13. The van der Waals surface area contributed by atoms with E-state index < -0.39 is 0 Å². The van der Waals surface area contributed by atoms with Crippen LogP contribution < -0.4 is 10.1 Å². The van der Waals surface area contributed by atoms with Gasteiger partial charge in [0.15, 0.2) is 0 Å². The SMILES string of the molecule is CCCOc1cccc(CNCc2cnccc2C)c1. The van der Waals surface area contributed by atoms with E-state index >= 15 is 0 Å². The predicted octanol–water partition coefficient (Wildman–Crippen LogP) is 3.47. The molecule has 0 aliphatic heterocycles. The number of aromatic nitrogens is 1. The molecule has 0 unspecified atom stereocenters. The van der Waals surface area contributed by atoms with Gasteiger partial charge in [-0.3, -0.25) is 4.98 Å². The molecule has 20 heavy (non-hydrogen) atoms. The average molecular weight is 270 g/mol. The maximum atomic E-state index is 5.64. The number of nitrogens with one attached hydrogen (secondary N) is 1. The van der Waals surface area contributed by atoms with Crippen molar-refractivity contribution in [2.24, 2.45) is 0 Å². The van der Waals surface area contributed by atoms with Crippen molar-refractivity contribution in [3.05, 3.63) is 59.4 Å². The monoisotopic (exact) mass is 270 g/mol. The Bertz CT molecular complexity index is 540. The highest BCUT2D eigenvalue weighted by atomic mass is 16.5. The Balaban J connectivity index is 1.86. The van der Waals surface area contributed by atoms with E-state index in [0.717, 1.165) is 31.9 Å². The van der Waals surface area contributed by atoms with Gasteiger partial charge >= 0.3 is 0 Å². The van der Waals surface area contributed by atoms with E-state index in [2.05, 4.69) is 36.3 Å². The number of pyridine rings is 1. The van der Waals surface area contributed by atoms with Crippen molar-refractivity contribution >= 4 is 0 Å². The second-order valence-electron chi connectivity index (χ2n) is 4.90. The van der Waals surface area contributed by atoms with Crippen LogP contribution in [0.5, 0.6) is 5.75 Å². The molecule has 0 atom stereocenters. The minimum Gasteiger partial charge on any atom is -0.494 e. The summed E-state index contributed by atoms with van der Waals surface area (Å²) in [6.07, 6.45) is 4.78. The highest BCUT2D eigenvalue weighted by molar-refractivity contribution is 5.28. The highest BCUT2D eigenvalue weighted by Gasteiger charge is 1.99. The van der Waals surface area contributed by atoms with Gasteiger partial charge in [0.05, 0.1) is 6.61 Å². The van der Waals surface area contributed by atoms with Gasteiger partial charge in [0.25, 0.3) is 0 Å². The average Bonchev–Trinajstić information content (AvgIpc) is 2.48. The Kier molecular flexibility index (Phi) is 5.56. The summed E-state index contributed by atoms with van der Waals surface area (Å²) in [5, 5.41) is 3.45. The predicted molar refractivity (Wildman–Crippen MR) is 81.7 cm³/mol. The Hall–Kier alpha value is -1.87. The zero-order valence-electron chi connectivity index (χ0n) is 12.2. The lowest BCUT2D eigenvalue weighted by Gasteiger charge is -2.09. The quantitative estimate of drug-likeness (QED) is 0.836. The first kappa shape index (κ1) is 14.5. The van der Waals surface area contributed by atoms with Crippen molar-refractivity contribution in [2.45, 2.75) is 33.4 Å². The lowest BCUT2D eigenvalue weighted by Crippen LogP contribution is -2.13. The van der Waals surface area contributed by atoms with Crippen LogP contribution in [0.3, 0.4) is 0 Å². The summed E-state index contributed by atoms with van der Waals surface area (Å²) in [5.74, 6) is 0.948. The minimum atomic E-state index is 0.770. The molecule has 1 aromatic heterocycles. The van der Waals surface area contributed by atoms with Crippen LogP contribution in [-0.2, 0) is 13.1 Å². The first-order valence-electron chi connectivity index (χ1n) is 7.11. The Morgan fingerprint density at radius 1 is 1.20 bits per heavy atom. The van der Waals surface area contributed by atoms with Crippen LogP contribution in [0.25, 0.3) is 0 Å². The molecule has 0 spiro atoms. The number of hydrogen-bond acceptors (Lipinski definition) is 3. The van der Waals surface area contributed by atoms with Crippen LogP contribution in [0.4, 0.5) is 0 Å². The van der Waals surface area contributed by atoms with Crippen molar-refractivity contribution < 1.29 is 4.74 Å². The fourth-order valence-corrected chi connectivity index (χ4v) is 1.99. The largest absolute Gasteiger partial charge is 0.494 e. The lowest BCUT2D eigenvalue weighted by molar-refractivity contribution is 0.317. The molecule has 0 bridgehead atoms. The number of rotatable bonds is 7. The van der Waals surface area contributed by atoms with E-state index in [0.29, 0.717) is 0 Å². The lowest BCUT2D eigenvalue weighted by atomic mass is 10.1. The summed E-state index contributed by atoms with van der Waals surface area (Å²) in [5.41, 5.74) is 3.75. The third-order valence-electron chi connectivity index (χ3n) is 3.16. The van der Waals surface area contributed by atoms with Crippen molar-refractivity contribution in [1.82, 2.24) is 10.3 Å². The molecule has 0 aliphatic carbocycles. The van der Waals surface area contributed by atoms with Crippen LogP contribution in [0.1, 0.15) is 30.0 Å². The van der Waals surface area contributed by atoms with Gasteiger partial charge in [-0.25, -0.2) is 0 Å². The summed E-state index contributed by atoms with van der Waals surface area (Å²) >= 11 is 0. The summed E-state index contributed by atoms with van der Waals surface area (Å²) in [4.78, 5) is 4.16. The van der Waals surface area contributed by atoms with Crippen LogP contribution in [0.15, 0.2) is 42.7 Å². The molecule has 1 heterocycles. The van der Waals surface area contributed by atoms with E-state index in [1.165, 1.54) is 16.7 Å². The number of aryl methyl sites for hydroxylation is 1. The molecule has 0 fully saturated rings. The summed E-state index contributed by atoms with van der Waals surface area (Å²) < 4.78 is 5.64. The molecule has 1 N–H and O–H groups in total. The molecule has 2 aromatic rings. The smallest absolute Gasteiger partial charge is 0.119 e. The third kappa shape index (κ3) is 4.35. The van der Waals surface area contributed by atoms with Gasteiger partial charge in [0, 0.05) is 25.5 Å². The van der Waals surface area contributed by atoms with Gasteiger partial charge in [0.1, 0.15) is 5.75 Å². The molecule has 3 nitrogen and oxygen atoms in total. The second kappa shape index (κ2) is 7.65. The molecule has 1 aromatic carbocycles. The number of benzene rings is 1. The van der Waals surface area contributed by atoms with E-state index in [9.17, 15) is 0 Å². The fourth-order valence-electron chi connectivity index (χ4n) is 1.99. The standard InChI is InChI=1S/C17H22N2O/c1-3-9-20-17-6-4-5-15(10-17)11-19-13-16-12-18-8-7-14(16)2/h4-8,10,12,19H,3,9,11,13H2,1-2H3. The summed E-state index contributed by atoms with van der Waals surface area (Å²) in [6.45, 7) is 6.66. The van der Waals surface area contributed by atoms with Gasteiger partial charge in [0.2, 0.25) is 0 Å². The van der Waals surface area contributed by atoms with Crippen molar-refractivity contribution in [2.75, 3.05) is 6.61 Å². The molecule has 0 amide bonds. The van der Waals surface area contributed by atoms with Gasteiger partial charge in [-0.1, -0.05) is 19.1 Å². The summed E-state index contributed by atoms with van der Waals surface area (Å²) in [6, 6.07) is 10.3. The van der Waals surface area contributed by atoms with Crippen molar-refractivity contribution in [3.63, 3.8) is 0 Å². The number of ether oxygens (including phenoxy) is 1. The number of nitrogens with zero attached hydrogens (tertiary/aromatic N) is 1. The molecule has 0 saturated carbocycles. The van der Waals surface area contributed by atoms with Crippen LogP contribution in [0, 0.1) is 6.92 Å². The Labute approximate surface area is 121 Å². The van der Waals surface area contributed by atoms with Gasteiger partial charge < -0.3 is 10.1 Å². The van der Waals surface area contributed by atoms with Gasteiger partial charge in [-0.15, -0.1) is 0 Å². The number of hydrogen-bond donors (Lipinski definition) is 1. The molecule has 2 rings (SSSR count). The first-order chi connectivity index (χ1) is 9.79. The fraction of sp³-hybridized carbons (Fsp3) is 0.353. The van der Waals surface area contributed by atoms with E-state index in [-0.39, 0.29) is 0 Å². The normalized spacial score (nSPS) is 10.5. The molecule has 0 saturated heterocycles. The van der Waals surface area contributed by atoms with Crippen molar-refractivity contribution in [3.8, 4) is 5.75 Å². The van der Waals surface area contributed by atoms with E-state index in [1.54, 1.807) is 0 Å². The topological polar surface area (TPSA) is 34.1 Å². The zero-order valence-corrected chi connectivity index (χ0v) is 12.2. The van der Waals surface area contributed by atoms with Crippen LogP contribution >= 0.6 is 0 Å². The molecule has 3 heteroatoms. The van der Waals surface area contributed by atoms with Crippen LogP contribution in [0.2, 0.25) is 0 Å². The van der Waals surface area contributed by atoms with E-state index in [1.807, 2.05) is 30.6 Å². The minimum absolute atomic E-state index is 0.770. The maximum absolute atomic E-state index is 5.64. The third-order valence-corrected chi connectivity index (χ3v) is 3.16. The Morgan fingerprint density at radius 2 is 2.10 bits per heavy atom. The summed E-state index contributed by atoms with van der Waals surface area (Å²) in [7, 11) is 0. The molecule has 0 aliphatic rings. The maximum Gasteiger partial charge on any atom is 0.119 e. The van der Waals surface area contributed by atoms with E-state index in [4.69, 9.17) is 4.74 Å². The first-order valence-corrected chi connectivity index (χ1v) is 7.11. The Morgan fingerprint density at radius 3 is 2.90 bits per heavy atom. The van der Waals surface area contributed by atoms with Crippen molar-refractivity contribution in [1.29, 1.82) is 0 Å². The second-order valence-corrected chi connectivity index (χ2v) is 4.90. The van der Waals surface area contributed by atoms with Gasteiger partial charge in [-0.05, 0) is 48.2 Å². The molecular weight excluding hydrogens is 248 g/mol.